The van der Waals surface area contributed by atoms with Crippen LogP contribution in [0.15, 0.2) is 10.5 Å². The number of carbonyl (C=O) groups excluding carboxylic acids is 1. The van der Waals surface area contributed by atoms with E-state index < -0.39 is 10.8 Å². The SMILES string of the molecule is COc1cc(Br)c([N+](=O)[O-])c2c1NC(=O)CC2C#N. The van der Waals surface area contributed by atoms with E-state index in [1.807, 2.05) is 6.07 Å². The number of amides is 1. The molecule has 0 spiro atoms. The largest absolute Gasteiger partial charge is 0.495 e. The van der Waals surface area contributed by atoms with Crippen molar-refractivity contribution in [2.45, 2.75) is 12.3 Å². The number of benzene rings is 1. The number of nitriles is 1. The molecule has 1 aromatic rings. The molecule has 1 amide bonds. The quantitative estimate of drug-likeness (QED) is 0.663. The van der Waals surface area contributed by atoms with Crippen molar-refractivity contribution in [3.05, 3.63) is 26.2 Å². The summed E-state index contributed by atoms with van der Waals surface area (Å²) in [4.78, 5) is 22.1. The summed E-state index contributed by atoms with van der Waals surface area (Å²) in [5.74, 6) is -0.953. The number of halogens is 1. The first kappa shape index (κ1) is 13.3. The lowest BCUT2D eigenvalue weighted by atomic mass is 9.90. The third-order valence-corrected chi connectivity index (χ3v) is 3.42. The highest BCUT2D eigenvalue weighted by atomic mass is 79.9. The molecule has 0 saturated carbocycles. The molecule has 0 fully saturated rings. The standard InChI is InChI=1S/C11H8BrN3O4/c1-19-7-3-6(12)11(15(17)18)9-5(4-13)2-8(16)14-10(7)9/h3,5H,2H2,1H3,(H,14,16). The van der Waals surface area contributed by atoms with E-state index in [0.717, 1.165) is 0 Å². The molecule has 0 aliphatic carbocycles. The molecule has 1 heterocycles. The van der Waals surface area contributed by atoms with E-state index in [4.69, 9.17) is 10.00 Å². The number of nitrogens with zero attached hydrogens (tertiary/aromatic N) is 2. The summed E-state index contributed by atoms with van der Waals surface area (Å²) < 4.78 is 5.31. The maximum Gasteiger partial charge on any atom is 0.290 e. The van der Waals surface area contributed by atoms with Crippen molar-refractivity contribution in [1.29, 1.82) is 5.26 Å². The van der Waals surface area contributed by atoms with E-state index in [1.54, 1.807) is 0 Å². The topological polar surface area (TPSA) is 105 Å². The van der Waals surface area contributed by atoms with Crippen molar-refractivity contribution < 1.29 is 14.5 Å². The highest BCUT2D eigenvalue weighted by Gasteiger charge is 2.36. The third-order valence-electron chi connectivity index (χ3n) is 2.82. The summed E-state index contributed by atoms with van der Waals surface area (Å²) in [5.41, 5.74) is 0.154. The number of carbonyl (C=O) groups is 1. The third kappa shape index (κ3) is 2.13. The van der Waals surface area contributed by atoms with Crippen LogP contribution in [0.4, 0.5) is 11.4 Å². The Morgan fingerprint density at radius 2 is 2.37 bits per heavy atom. The minimum Gasteiger partial charge on any atom is -0.495 e. The number of anilines is 1. The number of hydrogen-bond acceptors (Lipinski definition) is 5. The first-order valence-electron chi connectivity index (χ1n) is 5.23. The van der Waals surface area contributed by atoms with E-state index in [2.05, 4.69) is 21.2 Å². The Balaban J connectivity index is 2.81. The molecule has 98 valence electrons. The summed E-state index contributed by atoms with van der Waals surface area (Å²) in [6.45, 7) is 0. The van der Waals surface area contributed by atoms with Gasteiger partial charge in [-0.1, -0.05) is 0 Å². The number of hydrogen-bond donors (Lipinski definition) is 1. The molecule has 1 aliphatic heterocycles. The first-order chi connectivity index (χ1) is 8.99. The van der Waals surface area contributed by atoms with Gasteiger partial charge in [0.2, 0.25) is 5.91 Å². The van der Waals surface area contributed by atoms with Crippen LogP contribution >= 0.6 is 15.9 Å². The second-order valence-electron chi connectivity index (χ2n) is 3.89. The van der Waals surface area contributed by atoms with E-state index >= 15 is 0 Å². The molecule has 8 heteroatoms. The van der Waals surface area contributed by atoms with E-state index in [1.165, 1.54) is 13.2 Å². The van der Waals surface area contributed by atoms with Crippen molar-refractivity contribution in [3.8, 4) is 11.8 Å². The predicted octanol–water partition coefficient (Wildman–Crippen LogP) is 2.32. The van der Waals surface area contributed by atoms with E-state index in [0.29, 0.717) is 0 Å². The number of methoxy groups -OCH3 is 1. The molecule has 2 rings (SSSR count). The number of fused-ring (bicyclic) bond motifs is 1. The first-order valence-corrected chi connectivity index (χ1v) is 6.03. The Hall–Kier alpha value is -2.14. The van der Waals surface area contributed by atoms with Gasteiger partial charge in [0, 0.05) is 12.5 Å². The van der Waals surface area contributed by atoms with Crippen LogP contribution in [0.3, 0.4) is 0 Å². The lowest BCUT2D eigenvalue weighted by Crippen LogP contribution is -2.24. The lowest BCUT2D eigenvalue weighted by Gasteiger charge is -2.23. The van der Waals surface area contributed by atoms with Gasteiger partial charge in [-0.05, 0) is 15.9 Å². The lowest BCUT2D eigenvalue weighted by molar-refractivity contribution is -0.386. The van der Waals surface area contributed by atoms with Crippen LogP contribution in [0.5, 0.6) is 5.75 Å². The van der Waals surface area contributed by atoms with Crippen LogP contribution in [0.25, 0.3) is 0 Å². The summed E-state index contributed by atoms with van der Waals surface area (Å²) in [6, 6.07) is 3.32. The number of rotatable bonds is 2. The Bertz CT molecular complexity index is 623. The molecular formula is C11H8BrN3O4. The highest BCUT2D eigenvalue weighted by Crippen LogP contribution is 2.47. The molecule has 0 radical (unpaired) electrons. The van der Waals surface area contributed by atoms with Gasteiger partial charge in [0.15, 0.2) is 0 Å². The monoisotopic (exact) mass is 325 g/mol. The molecule has 1 aliphatic rings. The predicted molar refractivity (Wildman–Crippen MR) is 68.9 cm³/mol. The fraction of sp³-hybridized carbons (Fsp3) is 0.273. The van der Waals surface area contributed by atoms with Gasteiger partial charge in [0.05, 0.1) is 39.7 Å². The van der Waals surface area contributed by atoms with Crippen molar-refractivity contribution >= 4 is 33.2 Å². The Labute approximate surface area is 116 Å². The van der Waals surface area contributed by atoms with Gasteiger partial charge in [-0.2, -0.15) is 5.26 Å². The van der Waals surface area contributed by atoms with Gasteiger partial charge in [-0.15, -0.1) is 0 Å². The number of nitro benzene ring substituents is 1. The molecule has 0 aromatic heterocycles. The Kier molecular flexibility index (Phi) is 3.40. The molecule has 7 nitrogen and oxygen atoms in total. The summed E-state index contributed by atoms with van der Waals surface area (Å²) in [6.07, 6.45) is -0.107. The zero-order chi connectivity index (χ0) is 14.2. The average Bonchev–Trinajstić information content (AvgIpc) is 2.36. The van der Waals surface area contributed by atoms with E-state index in [-0.39, 0.29) is 39.5 Å². The van der Waals surface area contributed by atoms with Crippen molar-refractivity contribution in [3.63, 3.8) is 0 Å². The van der Waals surface area contributed by atoms with Crippen molar-refractivity contribution in [2.24, 2.45) is 0 Å². The van der Waals surface area contributed by atoms with Crippen LogP contribution in [-0.4, -0.2) is 17.9 Å². The zero-order valence-corrected chi connectivity index (χ0v) is 11.4. The van der Waals surface area contributed by atoms with Gasteiger partial charge in [-0.25, -0.2) is 0 Å². The maximum absolute atomic E-state index is 11.5. The van der Waals surface area contributed by atoms with Crippen LogP contribution in [0.2, 0.25) is 0 Å². The minimum absolute atomic E-state index is 0.107. The van der Waals surface area contributed by atoms with Crippen molar-refractivity contribution in [1.82, 2.24) is 0 Å². The second kappa shape index (κ2) is 4.85. The summed E-state index contributed by atoms with van der Waals surface area (Å²) in [5, 5.41) is 22.8. The number of nitrogens with one attached hydrogen (secondary N) is 1. The summed E-state index contributed by atoms with van der Waals surface area (Å²) >= 11 is 3.10. The van der Waals surface area contributed by atoms with Gasteiger partial charge in [0.1, 0.15) is 5.75 Å². The molecule has 1 aromatic carbocycles. The number of nitro groups is 1. The highest BCUT2D eigenvalue weighted by molar-refractivity contribution is 9.10. The van der Waals surface area contributed by atoms with Crippen LogP contribution in [0.1, 0.15) is 17.9 Å². The summed E-state index contributed by atoms with van der Waals surface area (Å²) in [7, 11) is 1.38. The van der Waals surface area contributed by atoms with Crippen LogP contribution in [0, 0.1) is 21.4 Å². The van der Waals surface area contributed by atoms with Gasteiger partial charge < -0.3 is 10.1 Å². The Morgan fingerprint density at radius 1 is 1.68 bits per heavy atom. The second-order valence-corrected chi connectivity index (χ2v) is 4.74. The molecule has 1 N–H and O–H groups in total. The Morgan fingerprint density at radius 3 is 2.89 bits per heavy atom. The molecule has 0 saturated heterocycles. The van der Waals surface area contributed by atoms with Crippen molar-refractivity contribution in [2.75, 3.05) is 12.4 Å². The van der Waals surface area contributed by atoms with Crippen LogP contribution in [-0.2, 0) is 4.79 Å². The van der Waals surface area contributed by atoms with Gasteiger partial charge >= 0.3 is 0 Å². The zero-order valence-electron chi connectivity index (χ0n) is 9.77. The minimum atomic E-state index is -0.865. The fourth-order valence-electron chi connectivity index (χ4n) is 2.04. The molecule has 1 unspecified atom stereocenters. The normalized spacial score (nSPS) is 17.1. The van der Waals surface area contributed by atoms with Gasteiger partial charge in [-0.3, -0.25) is 14.9 Å². The number of ether oxygens (including phenoxy) is 1. The smallest absolute Gasteiger partial charge is 0.290 e. The molecular weight excluding hydrogens is 318 g/mol. The molecule has 0 bridgehead atoms. The fourth-order valence-corrected chi connectivity index (χ4v) is 2.60. The van der Waals surface area contributed by atoms with Gasteiger partial charge in [0.25, 0.3) is 5.69 Å². The van der Waals surface area contributed by atoms with E-state index in [9.17, 15) is 14.9 Å². The molecule has 19 heavy (non-hydrogen) atoms. The average molecular weight is 326 g/mol. The maximum atomic E-state index is 11.5. The van der Waals surface area contributed by atoms with Crippen LogP contribution < -0.4 is 10.1 Å². The molecule has 1 atom stereocenters.